The summed E-state index contributed by atoms with van der Waals surface area (Å²) >= 11 is 0. The highest BCUT2D eigenvalue weighted by Gasteiger charge is 2.32. The van der Waals surface area contributed by atoms with Crippen LogP contribution in [0.1, 0.15) is 43.5 Å². The van der Waals surface area contributed by atoms with Gasteiger partial charge in [0, 0.05) is 56.8 Å². The lowest BCUT2D eigenvalue weighted by Gasteiger charge is -2.33. The molecule has 0 aliphatic carbocycles. The van der Waals surface area contributed by atoms with Gasteiger partial charge in [-0.25, -0.2) is 0 Å². The van der Waals surface area contributed by atoms with Crippen LogP contribution in [-0.2, 0) is 17.8 Å². The number of pyridine rings is 1. The van der Waals surface area contributed by atoms with E-state index in [4.69, 9.17) is 4.74 Å². The van der Waals surface area contributed by atoms with Crippen molar-refractivity contribution in [3.05, 3.63) is 48.0 Å². The predicted molar refractivity (Wildman–Crippen MR) is 105 cm³/mol. The SMILES string of the molecule is CCn1nccc1[C@@H]1OCC[C@H]1CNC1CCN(Cc2cccnc2)CC1. The number of hydrogen-bond acceptors (Lipinski definition) is 5. The third-order valence-corrected chi connectivity index (χ3v) is 5.94. The zero-order valence-corrected chi connectivity index (χ0v) is 16.3. The summed E-state index contributed by atoms with van der Waals surface area (Å²) in [6.45, 7) is 8.25. The average molecular weight is 370 g/mol. The van der Waals surface area contributed by atoms with Gasteiger partial charge in [0.15, 0.2) is 0 Å². The zero-order valence-electron chi connectivity index (χ0n) is 16.3. The number of aromatic nitrogens is 3. The minimum Gasteiger partial charge on any atom is -0.372 e. The Bertz CT molecular complexity index is 696. The number of nitrogens with zero attached hydrogens (tertiary/aromatic N) is 4. The van der Waals surface area contributed by atoms with E-state index in [2.05, 4.69) is 44.0 Å². The Morgan fingerprint density at radius 1 is 1.19 bits per heavy atom. The van der Waals surface area contributed by atoms with Crippen LogP contribution in [0.15, 0.2) is 36.8 Å². The van der Waals surface area contributed by atoms with E-state index in [9.17, 15) is 0 Å². The Hall–Kier alpha value is -1.76. The lowest BCUT2D eigenvalue weighted by atomic mass is 9.97. The summed E-state index contributed by atoms with van der Waals surface area (Å²) in [6, 6.07) is 6.92. The normalized spacial score (nSPS) is 24.5. The monoisotopic (exact) mass is 369 g/mol. The van der Waals surface area contributed by atoms with E-state index in [1.54, 1.807) is 0 Å². The minimum absolute atomic E-state index is 0.186. The van der Waals surface area contributed by atoms with Crippen molar-refractivity contribution in [2.24, 2.45) is 5.92 Å². The number of likely N-dealkylation sites (tertiary alicyclic amines) is 1. The summed E-state index contributed by atoms with van der Waals surface area (Å²) in [5, 5.41) is 8.24. The molecule has 4 heterocycles. The standard InChI is InChI=1S/C21H31N5O/c1-2-26-20(5-10-24-26)21-18(8-13-27-21)15-23-19-6-11-25(12-7-19)16-17-4-3-9-22-14-17/h3-5,9-10,14,18-19,21,23H,2,6-8,11-13,15-16H2,1H3/t18-,21+/m0/s1. The van der Waals surface area contributed by atoms with Crippen molar-refractivity contribution in [2.75, 3.05) is 26.2 Å². The molecule has 27 heavy (non-hydrogen) atoms. The van der Waals surface area contributed by atoms with Crippen LogP contribution in [0.2, 0.25) is 0 Å². The second-order valence-corrected chi connectivity index (χ2v) is 7.73. The molecule has 2 aliphatic heterocycles. The molecule has 2 aliphatic rings. The van der Waals surface area contributed by atoms with Gasteiger partial charge >= 0.3 is 0 Å². The molecule has 2 saturated heterocycles. The molecule has 0 amide bonds. The highest BCUT2D eigenvalue weighted by molar-refractivity contribution is 5.09. The van der Waals surface area contributed by atoms with Crippen LogP contribution in [0, 0.1) is 5.92 Å². The van der Waals surface area contributed by atoms with Gasteiger partial charge in [-0.2, -0.15) is 5.10 Å². The summed E-state index contributed by atoms with van der Waals surface area (Å²) in [7, 11) is 0. The molecule has 6 heteroatoms. The van der Waals surface area contributed by atoms with Crippen molar-refractivity contribution >= 4 is 0 Å². The maximum atomic E-state index is 6.06. The number of aryl methyl sites for hydroxylation is 1. The maximum Gasteiger partial charge on any atom is 0.103 e. The van der Waals surface area contributed by atoms with Crippen LogP contribution in [0.25, 0.3) is 0 Å². The molecule has 0 spiro atoms. The van der Waals surface area contributed by atoms with Gasteiger partial charge in [-0.05, 0) is 57.0 Å². The van der Waals surface area contributed by atoms with E-state index in [0.717, 1.165) is 45.8 Å². The third-order valence-electron chi connectivity index (χ3n) is 5.94. The van der Waals surface area contributed by atoms with Gasteiger partial charge in [-0.3, -0.25) is 14.6 Å². The Kier molecular flexibility index (Phi) is 6.17. The van der Waals surface area contributed by atoms with Crippen LogP contribution in [0.3, 0.4) is 0 Å². The second kappa shape index (κ2) is 8.95. The topological polar surface area (TPSA) is 55.2 Å². The van der Waals surface area contributed by atoms with Crippen LogP contribution < -0.4 is 5.32 Å². The van der Waals surface area contributed by atoms with Crippen LogP contribution >= 0.6 is 0 Å². The van der Waals surface area contributed by atoms with E-state index in [0.29, 0.717) is 12.0 Å². The Labute approximate surface area is 161 Å². The highest BCUT2D eigenvalue weighted by atomic mass is 16.5. The molecule has 1 N–H and O–H groups in total. The van der Waals surface area contributed by atoms with Crippen LogP contribution in [0.5, 0.6) is 0 Å². The van der Waals surface area contributed by atoms with Gasteiger partial charge < -0.3 is 10.1 Å². The first kappa shape index (κ1) is 18.6. The molecule has 6 nitrogen and oxygen atoms in total. The fraction of sp³-hybridized carbons (Fsp3) is 0.619. The fourth-order valence-electron chi connectivity index (χ4n) is 4.38. The molecule has 2 aromatic heterocycles. The van der Waals surface area contributed by atoms with Crippen molar-refractivity contribution in [1.82, 2.24) is 25.0 Å². The summed E-state index contributed by atoms with van der Waals surface area (Å²) in [6.07, 6.45) is 9.45. The third kappa shape index (κ3) is 4.57. The van der Waals surface area contributed by atoms with E-state index in [-0.39, 0.29) is 6.10 Å². The Balaban J connectivity index is 1.24. The second-order valence-electron chi connectivity index (χ2n) is 7.73. The highest BCUT2D eigenvalue weighted by Crippen LogP contribution is 2.34. The number of rotatable bonds is 7. The molecule has 0 unspecified atom stereocenters. The van der Waals surface area contributed by atoms with E-state index >= 15 is 0 Å². The van der Waals surface area contributed by atoms with Crippen molar-refractivity contribution in [3.63, 3.8) is 0 Å². The van der Waals surface area contributed by atoms with Crippen molar-refractivity contribution in [2.45, 2.75) is 51.4 Å². The molecule has 2 atom stereocenters. The largest absolute Gasteiger partial charge is 0.372 e. The molecule has 0 aromatic carbocycles. The summed E-state index contributed by atoms with van der Waals surface area (Å²) in [5.74, 6) is 0.542. The van der Waals surface area contributed by atoms with Gasteiger partial charge in [0.2, 0.25) is 0 Å². The van der Waals surface area contributed by atoms with Gasteiger partial charge in [0.05, 0.1) is 5.69 Å². The Morgan fingerprint density at radius 2 is 2.07 bits per heavy atom. The van der Waals surface area contributed by atoms with E-state index < -0.39 is 0 Å². The lowest BCUT2D eigenvalue weighted by molar-refractivity contribution is 0.0812. The number of piperidine rings is 1. The van der Waals surface area contributed by atoms with Gasteiger partial charge in [-0.15, -0.1) is 0 Å². The zero-order chi connectivity index (χ0) is 18.5. The van der Waals surface area contributed by atoms with Crippen molar-refractivity contribution in [1.29, 1.82) is 0 Å². The molecule has 4 rings (SSSR count). The molecular weight excluding hydrogens is 338 g/mol. The van der Waals surface area contributed by atoms with E-state index in [1.165, 1.54) is 24.1 Å². The van der Waals surface area contributed by atoms with Gasteiger partial charge in [0.1, 0.15) is 6.10 Å². The predicted octanol–water partition coefficient (Wildman–Crippen LogP) is 2.63. The summed E-state index contributed by atoms with van der Waals surface area (Å²) in [4.78, 5) is 6.76. The number of ether oxygens (including phenoxy) is 1. The first-order chi connectivity index (χ1) is 13.3. The lowest BCUT2D eigenvalue weighted by Crippen LogP contribution is -2.43. The summed E-state index contributed by atoms with van der Waals surface area (Å²) in [5.41, 5.74) is 2.54. The molecular formula is C21H31N5O. The summed E-state index contributed by atoms with van der Waals surface area (Å²) < 4.78 is 8.13. The first-order valence-electron chi connectivity index (χ1n) is 10.3. The molecule has 146 valence electrons. The number of hydrogen-bond donors (Lipinski definition) is 1. The average Bonchev–Trinajstić information content (AvgIpc) is 3.37. The van der Waals surface area contributed by atoms with Gasteiger partial charge in [-0.1, -0.05) is 6.07 Å². The first-order valence-corrected chi connectivity index (χ1v) is 10.3. The van der Waals surface area contributed by atoms with Gasteiger partial charge in [0.25, 0.3) is 0 Å². The van der Waals surface area contributed by atoms with Crippen LogP contribution in [0.4, 0.5) is 0 Å². The molecule has 0 bridgehead atoms. The fourth-order valence-corrected chi connectivity index (χ4v) is 4.38. The molecule has 2 aromatic rings. The smallest absolute Gasteiger partial charge is 0.103 e. The quantitative estimate of drug-likeness (QED) is 0.813. The number of nitrogens with one attached hydrogen (secondary N) is 1. The Morgan fingerprint density at radius 3 is 2.85 bits per heavy atom. The molecule has 0 saturated carbocycles. The molecule has 2 fully saturated rings. The maximum absolute atomic E-state index is 6.06. The molecule has 0 radical (unpaired) electrons. The minimum atomic E-state index is 0.186. The van der Waals surface area contributed by atoms with Crippen molar-refractivity contribution < 1.29 is 4.74 Å². The van der Waals surface area contributed by atoms with E-state index in [1.807, 2.05) is 24.7 Å². The van der Waals surface area contributed by atoms with Crippen molar-refractivity contribution in [3.8, 4) is 0 Å². The van der Waals surface area contributed by atoms with Crippen LogP contribution in [-0.4, -0.2) is 51.9 Å².